The highest BCUT2D eigenvalue weighted by molar-refractivity contribution is 7.92. The molecule has 0 aromatic heterocycles. The monoisotopic (exact) mass is 306 g/mol. The van der Waals surface area contributed by atoms with Crippen molar-refractivity contribution in [1.82, 2.24) is 0 Å². The number of aryl methyl sites for hydroxylation is 1. The molecule has 1 N–H and O–H groups in total. The van der Waals surface area contributed by atoms with Gasteiger partial charge in [-0.25, -0.2) is 8.42 Å². The van der Waals surface area contributed by atoms with Crippen LogP contribution in [0, 0.1) is 24.0 Å². The van der Waals surface area contributed by atoms with E-state index >= 15 is 0 Å². The molecule has 7 heteroatoms. The number of hydrogen-bond donors (Lipinski definition) is 1. The van der Waals surface area contributed by atoms with Crippen molar-refractivity contribution in [2.45, 2.75) is 18.7 Å². The van der Waals surface area contributed by atoms with Crippen LogP contribution in [0.3, 0.4) is 0 Å². The van der Waals surface area contributed by atoms with E-state index in [1.807, 2.05) is 13.0 Å². The summed E-state index contributed by atoms with van der Waals surface area (Å²) in [7, 11) is -4.02. The van der Waals surface area contributed by atoms with Gasteiger partial charge < -0.3 is 0 Å². The van der Waals surface area contributed by atoms with Crippen molar-refractivity contribution in [3.05, 3.63) is 63.7 Å². The van der Waals surface area contributed by atoms with Gasteiger partial charge in [-0.15, -0.1) is 0 Å². The lowest BCUT2D eigenvalue weighted by atomic mass is 10.1. The molecule has 2 aromatic carbocycles. The summed E-state index contributed by atoms with van der Waals surface area (Å²) in [6.07, 6.45) is 0. The number of nitro benzene ring substituents is 1. The van der Waals surface area contributed by atoms with Gasteiger partial charge in [-0.1, -0.05) is 24.3 Å². The van der Waals surface area contributed by atoms with Crippen molar-refractivity contribution in [2.24, 2.45) is 0 Å². The zero-order valence-corrected chi connectivity index (χ0v) is 12.3. The number of para-hydroxylation sites is 1. The molecule has 0 bridgehead atoms. The number of anilines is 1. The maximum absolute atomic E-state index is 12.4. The van der Waals surface area contributed by atoms with Gasteiger partial charge in [0.2, 0.25) is 0 Å². The number of benzene rings is 2. The Labute approximate surface area is 122 Å². The van der Waals surface area contributed by atoms with Crippen molar-refractivity contribution in [1.29, 1.82) is 0 Å². The first-order valence-electron chi connectivity index (χ1n) is 6.15. The van der Waals surface area contributed by atoms with Gasteiger partial charge in [0.15, 0.2) is 4.90 Å². The lowest BCUT2D eigenvalue weighted by Gasteiger charge is -2.12. The van der Waals surface area contributed by atoms with Crippen LogP contribution < -0.4 is 4.72 Å². The molecule has 2 rings (SSSR count). The lowest BCUT2D eigenvalue weighted by Crippen LogP contribution is -2.15. The fourth-order valence-corrected chi connectivity index (χ4v) is 3.19. The molecule has 110 valence electrons. The molecule has 0 aliphatic heterocycles. The molecule has 0 heterocycles. The Bertz CT molecular complexity index is 800. The van der Waals surface area contributed by atoms with Gasteiger partial charge in [0.25, 0.3) is 15.7 Å². The molecule has 2 aromatic rings. The third kappa shape index (κ3) is 3.03. The molecule has 6 nitrogen and oxygen atoms in total. The predicted molar refractivity (Wildman–Crippen MR) is 79.8 cm³/mol. The molecule has 0 spiro atoms. The molecule has 0 amide bonds. The summed E-state index contributed by atoms with van der Waals surface area (Å²) in [5, 5.41) is 11.0. The summed E-state index contributed by atoms with van der Waals surface area (Å²) in [5.41, 5.74) is 1.67. The number of nitrogens with one attached hydrogen (secondary N) is 1. The molecule has 0 atom stereocenters. The zero-order chi connectivity index (χ0) is 15.6. The molecule has 21 heavy (non-hydrogen) atoms. The number of sulfonamides is 1. The molecular weight excluding hydrogens is 292 g/mol. The molecule has 0 unspecified atom stereocenters. The second kappa shape index (κ2) is 5.53. The van der Waals surface area contributed by atoms with Gasteiger partial charge >= 0.3 is 0 Å². The normalized spacial score (nSPS) is 11.1. The van der Waals surface area contributed by atoms with E-state index in [9.17, 15) is 18.5 Å². The first-order chi connectivity index (χ1) is 9.83. The van der Waals surface area contributed by atoms with E-state index in [4.69, 9.17) is 0 Å². The van der Waals surface area contributed by atoms with Crippen LogP contribution in [0.2, 0.25) is 0 Å². The van der Waals surface area contributed by atoms with Crippen LogP contribution in [-0.4, -0.2) is 13.3 Å². The Morgan fingerprint density at radius 2 is 1.71 bits per heavy atom. The number of rotatable bonds is 4. The first kappa shape index (κ1) is 15.0. The standard InChI is InChI=1S/C14H14N2O4S/c1-10-6-5-7-12(11(10)2)15-21(19,20)14-9-4-3-8-13(14)16(17)18/h3-9,15H,1-2H3. The molecule has 0 fully saturated rings. The van der Waals surface area contributed by atoms with Gasteiger partial charge in [-0.3, -0.25) is 14.8 Å². The number of nitrogens with zero attached hydrogens (tertiary/aromatic N) is 1. The Hall–Kier alpha value is -2.41. The number of hydrogen-bond acceptors (Lipinski definition) is 4. The maximum atomic E-state index is 12.4. The van der Waals surface area contributed by atoms with Crippen molar-refractivity contribution in [3.63, 3.8) is 0 Å². The largest absolute Gasteiger partial charge is 0.289 e. The molecule has 0 saturated heterocycles. The van der Waals surface area contributed by atoms with Crippen molar-refractivity contribution in [3.8, 4) is 0 Å². The SMILES string of the molecule is Cc1cccc(NS(=O)(=O)c2ccccc2[N+](=O)[O-])c1C. The minimum Gasteiger partial charge on any atom is -0.279 e. The lowest BCUT2D eigenvalue weighted by molar-refractivity contribution is -0.387. The van der Waals surface area contributed by atoms with Gasteiger partial charge in [0.05, 0.1) is 10.6 Å². The van der Waals surface area contributed by atoms with E-state index in [2.05, 4.69) is 4.72 Å². The molecular formula is C14H14N2O4S. The molecule has 0 saturated carbocycles. The van der Waals surface area contributed by atoms with Crippen molar-refractivity contribution >= 4 is 21.4 Å². The Morgan fingerprint density at radius 3 is 2.38 bits per heavy atom. The van der Waals surface area contributed by atoms with Crippen LogP contribution in [0.1, 0.15) is 11.1 Å². The van der Waals surface area contributed by atoms with Crippen LogP contribution in [0.5, 0.6) is 0 Å². The van der Waals surface area contributed by atoms with Gasteiger partial charge in [-0.05, 0) is 37.1 Å². The van der Waals surface area contributed by atoms with Crippen LogP contribution in [0.25, 0.3) is 0 Å². The second-order valence-electron chi connectivity index (χ2n) is 4.58. The quantitative estimate of drug-likeness (QED) is 0.694. The van der Waals surface area contributed by atoms with Gasteiger partial charge in [0.1, 0.15) is 0 Å². The Kier molecular flexibility index (Phi) is 3.95. The number of nitro groups is 1. The zero-order valence-electron chi connectivity index (χ0n) is 11.5. The topological polar surface area (TPSA) is 89.3 Å². The smallest absolute Gasteiger partial charge is 0.279 e. The van der Waals surface area contributed by atoms with E-state index in [0.29, 0.717) is 5.69 Å². The molecule has 0 radical (unpaired) electrons. The summed E-state index contributed by atoms with van der Waals surface area (Å²) in [6, 6.07) is 10.5. The van der Waals surface area contributed by atoms with Gasteiger partial charge in [0, 0.05) is 6.07 Å². The Morgan fingerprint density at radius 1 is 1.05 bits per heavy atom. The van der Waals surface area contributed by atoms with Crippen LogP contribution in [0.15, 0.2) is 47.4 Å². The summed E-state index contributed by atoms with van der Waals surface area (Å²) in [6.45, 7) is 3.64. The van der Waals surface area contributed by atoms with E-state index in [1.165, 1.54) is 18.2 Å². The van der Waals surface area contributed by atoms with E-state index in [1.54, 1.807) is 19.1 Å². The highest BCUT2D eigenvalue weighted by Crippen LogP contribution is 2.27. The third-order valence-electron chi connectivity index (χ3n) is 3.20. The fraction of sp³-hybridized carbons (Fsp3) is 0.143. The maximum Gasteiger partial charge on any atom is 0.289 e. The average Bonchev–Trinajstić information content (AvgIpc) is 2.44. The predicted octanol–water partition coefficient (Wildman–Crippen LogP) is 3.01. The molecule has 0 aliphatic carbocycles. The van der Waals surface area contributed by atoms with Gasteiger partial charge in [-0.2, -0.15) is 0 Å². The highest BCUT2D eigenvalue weighted by atomic mass is 32.2. The van der Waals surface area contributed by atoms with Crippen LogP contribution in [-0.2, 0) is 10.0 Å². The summed E-state index contributed by atoms with van der Waals surface area (Å²) < 4.78 is 27.2. The average molecular weight is 306 g/mol. The molecule has 0 aliphatic rings. The van der Waals surface area contributed by atoms with Crippen LogP contribution >= 0.6 is 0 Å². The fourth-order valence-electron chi connectivity index (χ4n) is 1.90. The minimum absolute atomic E-state index is 0.351. The van der Waals surface area contributed by atoms with E-state index < -0.39 is 20.6 Å². The van der Waals surface area contributed by atoms with Crippen molar-refractivity contribution in [2.75, 3.05) is 4.72 Å². The third-order valence-corrected chi connectivity index (χ3v) is 4.61. The van der Waals surface area contributed by atoms with Crippen LogP contribution in [0.4, 0.5) is 11.4 Å². The summed E-state index contributed by atoms with van der Waals surface area (Å²) >= 11 is 0. The highest BCUT2D eigenvalue weighted by Gasteiger charge is 2.25. The Balaban J connectivity index is 2.49. The minimum atomic E-state index is -4.02. The first-order valence-corrected chi connectivity index (χ1v) is 7.63. The summed E-state index contributed by atoms with van der Waals surface area (Å²) in [5.74, 6) is 0. The van der Waals surface area contributed by atoms with E-state index in [0.717, 1.165) is 17.2 Å². The summed E-state index contributed by atoms with van der Waals surface area (Å²) in [4.78, 5) is 9.89. The van der Waals surface area contributed by atoms with Crippen molar-refractivity contribution < 1.29 is 13.3 Å². The second-order valence-corrected chi connectivity index (χ2v) is 6.23. The van der Waals surface area contributed by atoms with E-state index in [-0.39, 0.29) is 4.90 Å².